The number of carbonyl (C=O) groups is 1. The van der Waals surface area contributed by atoms with Gasteiger partial charge in [0.05, 0.1) is 28.8 Å². The summed E-state index contributed by atoms with van der Waals surface area (Å²) >= 11 is 1.36. The summed E-state index contributed by atoms with van der Waals surface area (Å²) in [6.07, 6.45) is 3.01. The quantitative estimate of drug-likeness (QED) is 0.793. The number of thiazole rings is 1. The summed E-state index contributed by atoms with van der Waals surface area (Å²) in [6, 6.07) is 9.48. The van der Waals surface area contributed by atoms with Gasteiger partial charge < -0.3 is 10.1 Å². The number of hydrogen-bond donors (Lipinski definition) is 1. The van der Waals surface area contributed by atoms with Crippen molar-refractivity contribution < 1.29 is 9.53 Å². The molecule has 2 aromatic heterocycles. The molecule has 1 aromatic carbocycles. The van der Waals surface area contributed by atoms with E-state index in [0.29, 0.717) is 16.3 Å². The number of nitrogens with zero attached hydrogens (tertiary/aromatic N) is 3. The van der Waals surface area contributed by atoms with Gasteiger partial charge in [-0.3, -0.25) is 4.79 Å². The first-order valence-corrected chi connectivity index (χ1v) is 7.74. The van der Waals surface area contributed by atoms with Crippen molar-refractivity contribution in [3.05, 3.63) is 58.3 Å². The molecular formula is C16H14N4O2S. The highest BCUT2D eigenvalue weighted by molar-refractivity contribution is 7.13. The van der Waals surface area contributed by atoms with Gasteiger partial charge in [-0.2, -0.15) is 0 Å². The number of nitrogens with one attached hydrogen (secondary N) is 1. The van der Waals surface area contributed by atoms with Gasteiger partial charge in [0.2, 0.25) is 0 Å². The van der Waals surface area contributed by atoms with Gasteiger partial charge in [-0.25, -0.2) is 15.0 Å². The van der Waals surface area contributed by atoms with E-state index in [9.17, 15) is 4.79 Å². The molecule has 0 atom stereocenters. The minimum Gasteiger partial charge on any atom is -0.424 e. The first-order chi connectivity index (χ1) is 11.1. The van der Waals surface area contributed by atoms with Crippen LogP contribution >= 0.6 is 11.3 Å². The zero-order valence-electron chi connectivity index (χ0n) is 12.6. The number of para-hydroxylation sites is 1. The number of benzene rings is 1. The Labute approximate surface area is 137 Å². The number of anilines is 1. The topological polar surface area (TPSA) is 77.0 Å². The van der Waals surface area contributed by atoms with Crippen LogP contribution in [-0.2, 0) is 0 Å². The SMILES string of the molecule is Cc1nc(C)c(C(=O)Nc2cnc(Oc3ccccc3)nc2)s1. The van der Waals surface area contributed by atoms with Gasteiger partial charge >= 0.3 is 6.01 Å². The lowest BCUT2D eigenvalue weighted by atomic mass is 10.3. The number of aryl methyl sites for hydroxylation is 2. The third-order valence-corrected chi connectivity index (χ3v) is 4.02. The summed E-state index contributed by atoms with van der Waals surface area (Å²) in [7, 11) is 0. The summed E-state index contributed by atoms with van der Waals surface area (Å²) in [5, 5.41) is 3.61. The third-order valence-electron chi connectivity index (χ3n) is 2.95. The van der Waals surface area contributed by atoms with Crippen molar-refractivity contribution in [1.82, 2.24) is 15.0 Å². The Kier molecular flexibility index (Phi) is 4.29. The molecule has 0 bridgehead atoms. The molecule has 6 nitrogen and oxygen atoms in total. The smallest absolute Gasteiger partial charge is 0.322 e. The lowest BCUT2D eigenvalue weighted by Gasteiger charge is -2.05. The molecule has 0 aliphatic rings. The van der Waals surface area contributed by atoms with Crippen LogP contribution in [0.3, 0.4) is 0 Å². The number of rotatable bonds is 4. The van der Waals surface area contributed by atoms with Crippen LogP contribution in [-0.4, -0.2) is 20.9 Å². The summed E-state index contributed by atoms with van der Waals surface area (Å²) < 4.78 is 5.50. The fourth-order valence-corrected chi connectivity index (χ4v) is 2.77. The molecule has 1 N–H and O–H groups in total. The highest BCUT2D eigenvalue weighted by Crippen LogP contribution is 2.20. The Morgan fingerprint density at radius 2 is 1.83 bits per heavy atom. The average molecular weight is 326 g/mol. The number of amides is 1. The second-order valence-corrected chi connectivity index (χ2v) is 5.97. The Morgan fingerprint density at radius 1 is 1.13 bits per heavy atom. The minimum absolute atomic E-state index is 0.214. The van der Waals surface area contributed by atoms with Gasteiger partial charge in [0.25, 0.3) is 5.91 Å². The molecule has 0 spiro atoms. The molecular weight excluding hydrogens is 312 g/mol. The number of ether oxygens (including phenoxy) is 1. The molecule has 0 saturated carbocycles. The van der Waals surface area contributed by atoms with Crippen molar-refractivity contribution >= 4 is 22.9 Å². The molecule has 2 heterocycles. The highest BCUT2D eigenvalue weighted by atomic mass is 32.1. The lowest BCUT2D eigenvalue weighted by Crippen LogP contribution is -2.12. The van der Waals surface area contributed by atoms with E-state index in [4.69, 9.17) is 4.74 Å². The molecule has 0 saturated heterocycles. The monoisotopic (exact) mass is 326 g/mol. The van der Waals surface area contributed by atoms with Crippen LogP contribution in [0, 0.1) is 13.8 Å². The lowest BCUT2D eigenvalue weighted by molar-refractivity contribution is 0.102. The van der Waals surface area contributed by atoms with Gasteiger partial charge in [-0.15, -0.1) is 11.3 Å². The number of hydrogen-bond acceptors (Lipinski definition) is 6. The minimum atomic E-state index is -0.214. The zero-order valence-corrected chi connectivity index (χ0v) is 13.4. The maximum absolute atomic E-state index is 12.2. The van der Waals surface area contributed by atoms with Gasteiger partial charge in [0.1, 0.15) is 10.6 Å². The third kappa shape index (κ3) is 3.70. The predicted octanol–water partition coefficient (Wildman–Crippen LogP) is 3.59. The van der Waals surface area contributed by atoms with Crippen molar-refractivity contribution in [2.24, 2.45) is 0 Å². The molecule has 0 aliphatic heterocycles. The predicted molar refractivity (Wildman–Crippen MR) is 88.1 cm³/mol. The van der Waals surface area contributed by atoms with Gasteiger partial charge in [0.15, 0.2) is 0 Å². The molecule has 7 heteroatoms. The van der Waals surface area contributed by atoms with E-state index in [1.807, 2.05) is 44.2 Å². The Morgan fingerprint density at radius 3 is 2.43 bits per heavy atom. The number of carbonyl (C=O) groups excluding carboxylic acids is 1. The molecule has 1 amide bonds. The summed E-state index contributed by atoms with van der Waals surface area (Å²) in [5.41, 5.74) is 1.22. The molecule has 23 heavy (non-hydrogen) atoms. The Hall–Kier alpha value is -2.80. The second kappa shape index (κ2) is 6.53. The van der Waals surface area contributed by atoms with Gasteiger partial charge in [-0.1, -0.05) is 18.2 Å². The molecule has 3 rings (SSSR count). The van der Waals surface area contributed by atoms with E-state index in [1.165, 1.54) is 23.7 Å². The molecule has 3 aromatic rings. The summed E-state index contributed by atoms with van der Waals surface area (Å²) in [5.74, 6) is 0.438. The molecule has 116 valence electrons. The van der Waals surface area contributed by atoms with Crippen molar-refractivity contribution in [1.29, 1.82) is 0 Å². The van der Waals surface area contributed by atoms with E-state index >= 15 is 0 Å². The second-order valence-electron chi connectivity index (χ2n) is 4.77. The van der Waals surface area contributed by atoms with E-state index in [2.05, 4.69) is 20.3 Å². The molecule has 0 unspecified atom stereocenters. The van der Waals surface area contributed by atoms with E-state index in [0.717, 1.165) is 10.7 Å². The van der Waals surface area contributed by atoms with Crippen LogP contribution < -0.4 is 10.1 Å². The first kappa shape index (κ1) is 15.1. The molecule has 0 aliphatic carbocycles. The van der Waals surface area contributed by atoms with Crippen LogP contribution in [0.15, 0.2) is 42.7 Å². The normalized spacial score (nSPS) is 10.3. The van der Waals surface area contributed by atoms with Gasteiger partial charge in [0, 0.05) is 0 Å². The maximum Gasteiger partial charge on any atom is 0.322 e. The standard InChI is InChI=1S/C16H14N4O2S/c1-10-14(23-11(2)19-10)15(21)20-12-8-17-16(18-9-12)22-13-6-4-3-5-7-13/h3-9H,1-2H3,(H,20,21). The van der Waals surface area contributed by atoms with Crippen molar-refractivity contribution in [2.75, 3.05) is 5.32 Å². The van der Waals surface area contributed by atoms with E-state index < -0.39 is 0 Å². The van der Waals surface area contributed by atoms with Crippen LogP contribution in [0.1, 0.15) is 20.4 Å². The van der Waals surface area contributed by atoms with Crippen molar-refractivity contribution in [3.8, 4) is 11.8 Å². The fraction of sp³-hybridized carbons (Fsp3) is 0.125. The fourth-order valence-electron chi connectivity index (χ4n) is 1.96. The van der Waals surface area contributed by atoms with Crippen LogP contribution in [0.25, 0.3) is 0 Å². The Balaban J connectivity index is 1.68. The van der Waals surface area contributed by atoms with Crippen LogP contribution in [0.2, 0.25) is 0 Å². The number of aromatic nitrogens is 3. The zero-order chi connectivity index (χ0) is 16.2. The Bertz CT molecular complexity index is 816. The molecule has 0 fully saturated rings. The largest absolute Gasteiger partial charge is 0.424 e. The molecule has 0 radical (unpaired) electrons. The maximum atomic E-state index is 12.2. The van der Waals surface area contributed by atoms with E-state index in [-0.39, 0.29) is 11.9 Å². The highest BCUT2D eigenvalue weighted by Gasteiger charge is 2.14. The average Bonchev–Trinajstić information content (AvgIpc) is 2.89. The van der Waals surface area contributed by atoms with Crippen molar-refractivity contribution in [2.45, 2.75) is 13.8 Å². The van der Waals surface area contributed by atoms with Gasteiger partial charge in [-0.05, 0) is 26.0 Å². The summed E-state index contributed by atoms with van der Waals surface area (Å²) in [4.78, 5) is 25.2. The van der Waals surface area contributed by atoms with Crippen molar-refractivity contribution in [3.63, 3.8) is 0 Å². The van der Waals surface area contributed by atoms with E-state index in [1.54, 1.807) is 0 Å². The summed E-state index contributed by atoms with van der Waals surface area (Å²) in [6.45, 7) is 3.68. The van der Waals surface area contributed by atoms with Crippen LogP contribution in [0.5, 0.6) is 11.8 Å². The first-order valence-electron chi connectivity index (χ1n) is 6.92. The van der Waals surface area contributed by atoms with Crippen LogP contribution in [0.4, 0.5) is 5.69 Å².